The van der Waals surface area contributed by atoms with E-state index < -0.39 is 6.10 Å². The molecule has 0 aliphatic carbocycles. The zero-order valence-electron chi connectivity index (χ0n) is 11.3. The Labute approximate surface area is 112 Å². The van der Waals surface area contributed by atoms with E-state index in [4.69, 9.17) is 9.47 Å². The van der Waals surface area contributed by atoms with Gasteiger partial charge in [0.1, 0.15) is 11.5 Å². The molecule has 0 N–H and O–H groups in total. The number of methoxy groups -OCH3 is 1. The molecule has 1 aliphatic rings. The van der Waals surface area contributed by atoms with Crippen molar-refractivity contribution in [2.45, 2.75) is 26.1 Å². The minimum atomic E-state index is -0.429. The van der Waals surface area contributed by atoms with Gasteiger partial charge in [0.15, 0.2) is 6.10 Å². The molecular weight excluding hydrogens is 246 g/mol. The number of hydrogen-bond donors (Lipinski definition) is 0. The van der Waals surface area contributed by atoms with Crippen LogP contribution in [0.25, 0.3) is 0 Å². The van der Waals surface area contributed by atoms with Gasteiger partial charge < -0.3 is 14.4 Å². The summed E-state index contributed by atoms with van der Waals surface area (Å²) in [5.74, 6) is 0.459. The molecule has 2 rings (SSSR count). The summed E-state index contributed by atoms with van der Waals surface area (Å²) in [5.41, 5.74) is 0.670. The summed E-state index contributed by atoms with van der Waals surface area (Å²) in [4.78, 5) is 25.0. The molecule has 0 aromatic heterocycles. The van der Waals surface area contributed by atoms with Gasteiger partial charge in [0.25, 0.3) is 5.91 Å². The van der Waals surface area contributed by atoms with Crippen molar-refractivity contribution in [1.82, 2.24) is 0 Å². The second kappa shape index (κ2) is 5.40. The lowest BCUT2D eigenvalue weighted by atomic mass is 10.2. The predicted molar refractivity (Wildman–Crippen MR) is 70.4 cm³/mol. The van der Waals surface area contributed by atoms with Crippen LogP contribution in [0.4, 0.5) is 5.69 Å². The van der Waals surface area contributed by atoms with Crippen molar-refractivity contribution in [2.75, 3.05) is 18.6 Å². The van der Waals surface area contributed by atoms with Crippen LogP contribution in [0.2, 0.25) is 0 Å². The Morgan fingerprint density at radius 2 is 1.89 bits per heavy atom. The van der Waals surface area contributed by atoms with Gasteiger partial charge in [-0.3, -0.25) is 9.59 Å². The quantitative estimate of drug-likeness (QED) is 0.753. The molecule has 1 fully saturated rings. The van der Waals surface area contributed by atoms with Crippen LogP contribution in [-0.2, 0) is 14.3 Å². The summed E-state index contributed by atoms with van der Waals surface area (Å²) in [6.07, 6.45) is -0.498. The minimum absolute atomic E-state index is 0.0533. The van der Waals surface area contributed by atoms with Crippen LogP contribution in [0.15, 0.2) is 24.3 Å². The van der Waals surface area contributed by atoms with Gasteiger partial charge in [-0.15, -0.1) is 0 Å². The van der Waals surface area contributed by atoms with Gasteiger partial charge in [-0.05, 0) is 38.1 Å². The van der Waals surface area contributed by atoms with Gasteiger partial charge in [0, 0.05) is 5.69 Å². The van der Waals surface area contributed by atoms with Crippen LogP contribution < -0.4 is 9.64 Å². The van der Waals surface area contributed by atoms with Crippen LogP contribution in [0, 0.1) is 0 Å². The standard InChI is InChI=1S/C14H17NO4/c1-9(16)8-15(14(17)13-10(2)19-13)11-4-6-12(18-3)7-5-11/h4-7,10,13H,8H2,1-3H3/t10-,13-/m1/s1. The van der Waals surface area contributed by atoms with E-state index in [1.807, 2.05) is 6.92 Å². The lowest BCUT2D eigenvalue weighted by Gasteiger charge is -2.21. The number of nitrogens with zero attached hydrogens (tertiary/aromatic N) is 1. The third-order valence-corrected chi connectivity index (χ3v) is 2.99. The summed E-state index contributed by atoms with van der Waals surface area (Å²) in [7, 11) is 1.58. The highest BCUT2D eigenvalue weighted by Crippen LogP contribution is 2.27. The number of ketones is 1. The number of carbonyl (C=O) groups is 2. The average Bonchev–Trinajstić information content (AvgIpc) is 3.12. The van der Waals surface area contributed by atoms with Crippen LogP contribution in [-0.4, -0.2) is 37.6 Å². The number of benzene rings is 1. The molecule has 1 amide bonds. The van der Waals surface area contributed by atoms with Crippen molar-refractivity contribution >= 4 is 17.4 Å². The fourth-order valence-electron chi connectivity index (χ4n) is 1.88. The molecule has 1 saturated heterocycles. The molecule has 0 unspecified atom stereocenters. The maximum Gasteiger partial charge on any atom is 0.259 e. The highest BCUT2D eigenvalue weighted by Gasteiger charge is 2.44. The Balaban J connectivity index is 2.20. The van der Waals surface area contributed by atoms with Gasteiger partial charge in [0.05, 0.1) is 19.8 Å². The zero-order valence-corrected chi connectivity index (χ0v) is 11.3. The molecule has 0 spiro atoms. The maximum absolute atomic E-state index is 12.2. The molecule has 102 valence electrons. The number of Topliss-reactive ketones (excluding diaryl/α,β-unsaturated/α-hetero) is 1. The van der Waals surface area contributed by atoms with Crippen molar-refractivity contribution < 1.29 is 19.1 Å². The second-order valence-electron chi connectivity index (χ2n) is 4.59. The SMILES string of the molecule is COc1ccc(N(CC(C)=O)C(=O)[C@@H]2O[C@@H]2C)cc1. The predicted octanol–water partition coefficient (Wildman–Crippen LogP) is 1.40. The summed E-state index contributed by atoms with van der Waals surface area (Å²) in [5, 5.41) is 0. The topological polar surface area (TPSA) is 59.1 Å². The number of hydrogen-bond acceptors (Lipinski definition) is 4. The Hall–Kier alpha value is -1.88. The van der Waals surface area contributed by atoms with Gasteiger partial charge in [-0.1, -0.05) is 0 Å². The Bertz CT molecular complexity index is 483. The molecule has 0 saturated carbocycles. The summed E-state index contributed by atoms with van der Waals surface area (Å²) in [6.45, 7) is 3.35. The van der Waals surface area contributed by atoms with E-state index in [2.05, 4.69) is 0 Å². The molecule has 5 nitrogen and oxygen atoms in total. The first-order valence-corrected chi connectivity index (χ1v) is 6.13. The van der Waals surface area contributed by atoms with Crippen LogP contribution in [0.5, 0.6) is 5.75 Å². The van der Waals surface area contributed by atoms with Gasteiger partial charge in [-0.2, -0.15) is 0 Å². The normalized spacial score (nSPS) is 20.8. The summed E-state index contributed by atoms with van der Waals surface area (Å²) in [6, 6.07) is 7.03. The number of epoxide rings is 1. The van der Waals surface area contributed by atoms with Gasteiger partial charge in [-0.25, -0.2) is 0 Å². The minimum Gasteiger partial charge on any atom is -0.497 e. The number of ether oxygens (including phenoxy) is 2. The average molecular weight is 263 g/mol. The smallest absolute Gasteiger partial charge is 0.259 e. The lowest BCUT2D eigenvalue weighted by Crippen LogP contribution is -2.38. The fourth-order valence-corrected chi connectivity index (χ4v) is 1.88. The first-order valence-electron chi connectivity index (χ1n) is 6.13. The number of amides is 1. The molecule has 1 aromatic rings. The summed E-state index contributed by atoms with van der Waals surface area (Å²) >= 11 is 0. The highest BCUT2D eigenvalue weighted by atomic mass is 16.6. The molecule has 0 radical (unpaired) electrons. The Kier molecular flexibility index (Phi) is 3.85. The molecule has 0 bridgehead atoms. The number of carbonyl (C=O) groups excluding carboxylic acids is 2. The van der Waals surface area contributed by atoms with Gasteiger partial charge in [0.2, 0.25) is 0 Å². The van der Waals surface area contributed by atoms with E-state index in [9.17, 15) is 9.59 Å². The van der Waals surface area contributed by atoms with Crippen molar-refractivity contribution in [1.29, 1.82) is 0 Å². The van der Waals surface area contributed by atoms with E-state index in [0.717, 1.165) is 0 Å². The number of anilines is 1. The molecule has 1 aliphatic heterocycles. The monoisotopic (exact) mass is 263 g/mol. The van der Waals surface area contributed by atoms with Crippen LogP contribution in [0.1, 0.15) is 13.8 Å². The highest BCUT2D eigenvalue weighted by molar-refractivity contribution is 6.02. The van der Waals surface area contributed by atoms with Crippen LogP contribution >= 0.6 is 0 Å². The molecule has 2 atom stereocenters. The zero-order chi connectivity index (χ0) is 14.0. The third-order valence-electron chi connectivity index (χ3n) is 2.99. The van der Waals surface area contributed by atoms with Crippen molar-refractivity contribution in [3.8, 4) is 5.75 Å². The Morgan fingerprint density at radius 3 is 2.32 bits per heavy atom. The first-order chi connectivity index (χ1) is 9.02. The van der Waals surface area contributed by atoms with E-state index >= 15 is 0 Å². The van der Waals surface area contributed by atoms with Crippen molar-refractivity contribution in [3.63, 3.8) is 0 Å². The summed E-state index contributed by atoms with van der Waals surface area (Å²) < 4.78 is 10.3. The number of rotatable bonds is 5. The van der Waals surface area contributed by atoms with E-state index in [1.165, 1.54) is 11.8 Å². The molecule has 19 heavy (non-hydrogen) atoms. The van der Waals surface area contributed by atoms with E-state index in [-0.39, 0.29) is 24.3 Å². The fraction of sp³-hybridized carbons (Fsp3) is 0.429. The van der Waals surface area contributed by atoms with E-state index in [1.54, 1.807) is 31.4 Å². The largest absolute Gasteiger partial charge is 0.497 e. The van der Waals surface area contributed by atoms with Crippen LogP contribution in [0.3, 0.4) is 0 Å². The van der Waals surface area contributed by atoms with Crippen molar-refractivity contribution in [2.24, 2.45) is 0 Å². The maximum atomic E-state index is 12.2. The van der Waals surface area contributed by atoms with Gasteiger partial charge >= 0.3 is 0 Å². The third kappa shape index (κ3) is 3.12. The molecule has 1 aromatic carbocycles. The second-order valence-corrected chi connectivity index (χ2v) is 4.59. The van der Waals surface area contributed by atoms with Crippen molar-refractivity contribution in [3.05, 3.63) is 24.3 Å². The van der Waals surface area contributed by atoms with E-state index in [0.29, 0.717) is 11.4 Å². The molecule has 1 heterocycles. The molecular formula is C14H17NO4. The Morgan fingerprint density at radius 1 is 1.32 bits per heavy atom. The molecule has 5 heteroatoms. The lowest BCUT2D eigenvalue weighted by molar-refractivity contribution is -0.122. The first kappa shape index (κ1) is 13.5.